The lowest BCUT2D eigenvalue weighted by Crippen LogP contribution is -2.33. The van der Waals surface area contributed by atoms with Crippen molar-refractivity contribution in [3.8, 4) is 5.75 Å². The third kappa shape index (κ3) is 6.04. The van der Waals surface area contributed by atoms with E-state index in [9.17, 15) is 18.4 Å². The van der Waals surface area contributed by atoms with Gasteiger partial charge in [-0.25, -0.2) is 8.78 Å². The molecule has 0 aliphatic carbocycles. The number of amides is 1. The first-order valence-corrected chi connectivity index (χ1v) is 8.87. The Balaban J connectivity index is 2.10. The molecule has 0 fully saturated rings. The van der Waals surface area contributed by atoms with E-state index in [2.05, 4.69) is 0 Å². The molecule has 2 aromatic carbocycles. The summed E-state index contributed by atoms with van der Waals surface area (Å²) in [7, 11) is 1.57. The zero-order chi connectivity index (χ0) is 20.7. The minimum absolute atomic E-state index is 0.0114. The minimum atomic E-state index is -1.04. The fourth-order valence-electron chi connectivity index (χ4n) is 2.82. The molecule has 0 bridgehead atoms. The quantitative estimate of drug-likeness (QED) is 0.702. The molecule has 1 atom stereocenters. The van der Waals surface area contributed by atoms with E-state index in [0.29, 0.717) is 11.3 Å². The SMILES string of the molecule is COc1ccc(C(C)CC(=O)N(CCC(=O)O)Cc2ccc(F)c(F)c2)cc1. The fraction of sp³-hybridized carbons (Fsp3) is 0.333. The Bertz CT molecular complexity index is 824. The van der Waals surface area contributed by atoms with Crippen LogP contribution >= 0.6 is 0 Å². The molecule has 28 heavy (non-hydrogen) atoms. The number of benzene rings is 2. The second-order valence-electron chi connectivity index (χ2n) is 6.59. The Labute approximate surface area is 162 Å². The minimum Gasteiger partial charge on any atom is -0.497 e. The maximum atomic E-state index is 13.5. The maximum Gasteiger partial charge on any atom is 0.305 e. The van der Waals surface area contributed by atoms with Gasteiger partial charge in [0.25, 0.3) is 0 Å². The van der Waals surface area contributed by atoms with Crippen LogP contribution in [-0.4, -0.2) is 35.5 Å². The van der Waals surface area contributed by atoms with Crippen molar-refractivity contribution in [2.45, 2.75) is 32.2 Å². The van der Waals surface area contributed by atoms with Crippen LogP contribution in [0.1, 0.15) is 36.8 Å². The summed E-state index contributed by atoms with van der Waals surface area (Å²) in [4.78, 5) is 25.0. The van der Waals surface area contributed by atoms with Gasteiger partial charge in [0.2, 0.25) is 5.91 Å². The number of ether oxygens (including phenoxy) is 1. The van der Waals surface area contributed by atoms with Gasteiger partial charge in [0.05, 0.1) is 13.5 Å². The first-order chi connectivity index (χ1) is 13.3. The number of carboxylic acids is 1. The molecule has 0 saturated carbocycles. The highest BCUT2D eigenvalue weighted by atomic mass is 19.2. The van der Waals surface area contributed by atoms with Crippen molar-refractivity contribution < 1.29 is 28.2 Å². The van der Waals surface area contributed by atoms with Gasteiger partial charge in [0.1, 0.15) is 5.75 Å². The van der Waals surface area contributed by atoms with E-state index in [0.717, 1.165) is 17.7 Å². The molecule has 1 amide bonds. The number of aliphatic carboxylic acids is 1. The van der Waals surface area contributed by atoms with Crippen molar-refractivity contribution >= 4 is 11.9 Å². The van der Waals surface area contributed by atoms with Gasteiger partial charge >= 0.3 is 5.97 Å². The Morgan fingerprint density at radius 3 is 2.36 bits per heavy atom. The molecule has 0 aliphatic heterocycles. The summed E-state index contributed by atoms with van der Waals surface area (Å²) in [5, 5.41) is 8.94. The van der Waals surface area contributed by atoms with Crippen LogP contribution in [0.2, 0.25) is 0 Å². The normalized spacial score (nSPS) is 11.7. The molecule has 0 saturated heterocycles. The van der Waals surface area contributed by atoms with Crippen LogP contribution < -0.4 is 4.74 Å². The largest absolute Gasteiger partial charge is 0.497 e. The van der Waals surface area contributed by atoms with Crippen LogP contribution in [0, 0.1) is 11.6 Å². The topological polar surface area (TPSA) is 66.8 Å². The maximum absolute atomic E-state index is 13.5. The summed E-state index contributed by atoms with van der Waals surface area (Å²) >= 11 is 0. The molecule has 1 N–H and O–H groups in total. The third-order valence-corrected chi connectivity index (χ3v) is 4.47. The smallest absolute Gasteiger partial charge is 0.305 e. The molecule has 7 heteroatoms. The van der Waals surface area contributed by atoms with Crippen LogP contribution in [-0.2, 0) is 16.1 Å². The summed E-state index contributed by atoms with van der Waals surface area (Å²) in [6.45, 7) is 1.90. The van der Waals surface area contributed by atoms with Crippen molar-refractivity contribution in [3.63, 3.8) is 0 Å². The Morgan fingerprint density at radius 2 is 1.79 bits per heavy atom. The number of carboxylic acid groups (broad SMARTS) is 1. The number of halogens is 2. The van der Waals surface area contributed by atoms with E-state index in [4.69, 9.17) is 9.84 Å². The van der Waals surface area contributed by atoms with Gasteiger partial charge in [-0.3, -0.25) is 9.59 Å². The summed E-state index contributed by atoms with van der Waals surface area (Å²) in [5.74, 6) is -2.66. The van der Waals surface area contributed by atoms with Gasteiger partial charge in [0, 0.05) is 19.5 Å². The lowest BCUT2D eigenvalue weighted by Gasteiger charge is -2.24. The van der Waals surface area contributed by atoms with Crippen LogP contribution in [0.25, 0.3) is 0 Å². The van der Waals surface area contributed by atoms with Gasteiger partial charge in [-0.2, -0.15) is 0 Å². The average molecular weight is 391 g/mol. The molecule has 0 aromatic heterocycles. The van der Waals surface area contributed by atoms with Crippen LogP contribution in [0.4, 0.5) is 8.78 Å². The van der Waals surface area contributed by atoms with E-state index < -0.39 is 17.6 Å². The number of carbonyl (C=O) groups is 2. The second kappa shape index (κ2) is 9.82. The van der Waals surface area contributed by atoms with Crippen molar-refractivity contribution in [1.82, 2.24) is 4.90 Å². The van der Waals surface area contributed by atoms with Crippen molar-refractivity contribution in [2.24, 2.45) is 0 Å². The van der Waals surface area contributed by atoms with Gasteiger partial charge in [-0.05, 0) is 41.3 Å². The van der Waals surface area contributed by atoms with Crippen molar-refractivity contribution in [2.75, 3.05) is 13.7 Å². The Hall–Kier alpha value is -2.96. The highest BCUT2D eigenvalue weighted by Crippen LogP contribution is 2.23. The van der Waals surface area contributed by atoms with Gasteiger partial charge < -0.3 is 14.7 Å². The van der Waals surface area contributed by atoms with Crippen molar-refractivity contribution in [1.29, 1.82) is 0 Å². The van der Waals surface area contributed by atoms with Crippen molar-refractivity contribution in [3.05, 3.63) is 65.2 Å². The summed E-state index contributed by atoms with van der Waals surface area (Å²) < 4.78 is 31.7. The Morgan fingerprint density at radius 1 is 1.11 bits per heavy atom. The van der Waals surface area contributed by atoms with Crippen LogP contribution in [0.15, 0.2) is 42.5 Å². The lowest BCUT2D eigenvalue weighted by atomic mass is 9.97. The Kier molecular flexibility index (Phi) is 7.49. The predicted octanol–water partition coefficient (Wildman–Crippen LogP) is 3.97. The summed E-state index contributed by atoms with van der Waals surface area (Å²) in [5.41, 5.74) is 1.34. The zero-order valence-electron chi connectivity index (χ0n) is 15.8. The fourth-order valence-corrected chi connectivity index (χ4v) is 2.82. The molecule has 0 spiro atoms. The summed E-state index contributed by atoms with van der Waals surface area (Å²) in [6.07, 6.45) is -0.0675. The van der Waals surface area contributed by atoms with Gasteiger partial charge in [0.15, 0.2) is 11.6 Å². The number of hydrogen-bond donors (Lipinski definition) is 1. The lowest BCUT2D eigenvalue weighted by molar-refractivity contribution is -0.138. The van der Waals surface area contributed by atoms with Gasteiger partial charge in [-0.15, -0.1) is 0 Å². The third-order valence-electron chi connectivity index (χ3n) is 4.47. The molecule has 2 aromatic rings. The zero-order valence-corrected chi connectivity index (χ0v) is 15.8. The standard InChI is InChI=1S/C21H23F2NO4/c1-14(16-4-6-17(28-2)7-5-16)11-20(25)24(10-9-21(26)27)13-15-3-8-18(22)19(23)12-15/h3-8,12,14H,9-11,13H2,1-2H3,(H,26,27). The van der Waals surface area contributed by atoms with E-state index in [-0.39, 0.29) is 37.8 Å². The molecule has 1 unspecified atom stereocenters. The molecule has 5 nitrogen and oxygen atoms in total. The molecule has 150 valence electrons. The number of nitrogens with zero attached hydrogens (tertiary/aromatic N) is 1. The van der Waals surface area contributed by atoms with E-state index in [1.807, 2.05) is 19.1 Å². The van der Waals surface area contributed by atoms with Crippen LogP contribution in [0.3, 0.4) is 0 Å². The number of methoxy groups -OCH3 is 1. The highest BCUT2D eigenvalue weighted by molar-refractivity contribution is 5.78. The second-order valence-corrected chi connectivity index (χ2v) is 6.59. The summed E-state index contributed by atoms with van der Waals surface area (Å²) in [6, 6.07) is 10.7. The highest BCUT2D eigenvalue weighted by Gasteiger charge is 2.19. The van der Waals surface area contributed by atoms with Gasteiger partial charge in [-0.1, -0.05) is 25.1 Å². The molecule has 0 heterocycles. The van der Waals surface area contributed by atoms with Crippen LogP contribution in [0.5, 0.6) is 5.75 Å². The number of rotatable bonds is 9. The molecule has 0 radical (unpaired) electrons. The van der Waals surface area contributed by atoms with E-state index in [1.165, 1.54) is 11.0 Å². The molecular formula is C21H23F2NO4. The average Bonchev–Trinajstić information content (AvgIpc) is 2.67. The molecular weight excluding hydrogens is 368 g/mol. The number of carbonyl (C=O) groups excluding carboxylic acids is 1. The predicted molar refractivity (Wildman–Crippen MR) is 100 cm³/mol. The first-order valence-electron chi connectivity index (χ1n) is 8.87. The molecule has 0 aliphatic rings. The number of hydrogen-bond acceptors (Lipinski definition) is 3. The van der Waals surface area contributed by atoms with E-state index in [1.54, 1.807) is 19.2 Å². The van der Waals surface area contributed by atoms with E-state index >= 15 is 0 Å². The molecule has 2 rings (SSSR count). The first kappa shape index (κ1) is 21.3. The monoisotopic (exact) mass is 391 g/mol.